The van der Waals surface area contributed by atoms with Crippen molar-refractivity contribution in [2.45, 2.75) is 45.4 Å². The highest BCUT2D eigenvalue weighted by molar-refractivity contribution is 5.37. The van der Waals surface area contributed by atoms with Gasteiger partial charge in [0.25, 0.3) is 0 Å². The molecule has 0 fully saturated rings. The molecule has 0 spiro atoms. The molecule has 0 aliphatic heterocycles. The maximum Gasteiger partial charge on any atom is -0.00456 e. The molecule has 1 unspecified atom stereocenters. The van der Waals surface area contributed by atoms with Gasteiger partial charge in [-0.1, -0.05) is 39.0 Å². The average Bonchev–Trinajstić information content (AvgIpc) is 2.26. The summed E-state index contributed by atoms with van der Waals surface area (Å²) in [4.78, 5) is 0. The van der Waals surface area contributed by atoms with Crippen LogP contribution in [0.25, 0.3) is 0 Å². The van der Waals surface area contributed by atoms with Crippen LogP contribution >= 0.6 is 0 Å². The van der Waals surface area contributed by atoms with Crippen LogP contribution in [0.5, 0.6) is 0 Å². The molecule has 2 rings (SSSR count). The summed E-state index contributed by atoms with van der Waals surface area (Å²) < 4.78 is 0. The van der Waals surface area contributed by atoms with Crippen LogP contribution in [0.4, 0.5) is 0 Å². The zero-order valence-corrected chi connectivity index (χ0v) is 10.7. The van der Waals surface area contributed by atoms with Gasteiger partial charge >= 0.3 is 0 Å². The quantitative estimate of drug-likeness (QED) is 0.768. The molecule has 88 valence electrons. The Morgan fingerprint density at radius 2 is 2.00 bits per heavy atom. The van der Waals surface area contributed by atoms with E-state index < -0.39 is 0 Å². The third-order valence-corrected chi connectivity index (χ3v) is 3.74. The van der Waals surface area contributed by atoms with E-state index in [0.717, 1.165) is 6.54 Å². The molecule has 2 N–H and O–H groups in total. The Bertz CT molecular complexity index is 374. The summed E-state index contributed by atoms with van der Waals surface area (Å²) in [6, 6.07) is 7.01. The first-order valence-corrected chi connectivity index (χ1v) is 6.33. The Balaban J connectivity index is 2.28. The molecule has 0 saturated heterocycles. The van der Waals surface area contributed by atoms with E-state index in [4.69, 9.17) is 5.73 Å². The van der Waals surface area contributed by atoms with E-state index in [2.05, 4.69) is 39.0 Å². The van der Waals surface area contributed by atoms with Crippen LogP contribution in [0, 0.1) is 5.92 Å². The lowest BCUT2D eigenvalue weighted by atomic mass is 9.79. The van der Waals surface area contributed by atoms with Crippen LogP contribution in [0.15, 0.2) is 18.2 Å². The number of rotatable bonds is 1. The molecule has 0 saturated carbocycles. The zero-order valence-electron chi connectivity index (χ0n) is 10.7. The summed E-state index contributed by atoms with van der Waals surface area (Å²) in [5.41, 5.74) is 10.6. The molecular formula is C15H23N. The highest BCUT2D eigenvalue weighted by Crippen LogP contribution is 2.30. The first kappa shape index (κ1) is 11.7. The molecule has 0 aromatic heterocycles. The second-order valence-electron chi connectivity index (χ2n) is 6.08. The highest BCUT2D eigenvalue weighted by atomic mass is 14.5. The molecule has 1 aromatic rings. The molecule has 1 heteroatoms. The van der Waals surface area contributed by atoms with Gasteiger partial charge in [0.05, 0.1) is 0 Å². The van der Waals surface area contributed by atoms with Crippen LogP contribution in [0.1, 0.15) is 43.9 Å². The van der Waals surface area contributed by atoms with Crippen molar-refractivity contribution >= 4 is 0 Å². The number of nitrogens with two attached hydrogens (primary N) is 1. The second-order valence-corrected chi connectivity index (χ2v) is 6.08. The molecule has 0 amide bonds. The van der Waals surface area contributed by atoms with Gasteiger partial charge in [0.2, 0.25) is 0 Å². The van der Waals surface area contributed by atoms with Crippen molar-refractivity contribution in [3.63, 3.8) is 0 Å². The summed E-state index contributed by atoms with van der Waals surface area (Å²) in [6.45, 7) is 7.67. The minimum Gasteiger partial charge on any atom is -0.330 e. The van der Waals surface area contributed by atoms with Gasteiger partial charge in [-0.15, -0.1) is 0 Å². The van der Waals surface area contributed by atoms with Crippen molar-refractivity contribution in [2.75, 3.05) is 6.54 Å². The van der Waals surface area contributed by atoms with Crippen LogP contribution in [-0.2, 0) is 18.3 Å². The Hall–Kier alpha value is -0.820. The van der Waals surface area contributed by atoms with Crippen molar-refractivity contribution in [3.05, 3.63) is 34.9 Å². The van der Waals surface area contributed by atoms with Gasteiger partial charge in [0.15, 0.2) is 0 Å². The molecule has 0 heterocycles. The minimum absolute atomic E-state index is 0.264. The lowest BCUT2D eigenvalue weighted by molar-refractivity contribution is 0.467. The maximum atomic E-state index is 5.76. The first-order valence-electron chi connectivity index (χ1n) is 6.33. The van der Waals surface area contributed by atoms with Gasteiger partial charge < -0.3 is 5.73 Å². The lowest BCUT2D eigenvalue weighted by Gasteiger charge is -2.26. The molecule has 1 atom stereocenters. The van der Waals surface area contributed by atoms with E-state index in [1.807, 2.05) is 0 Å². The number of fused-ring (bicyclic) bond motifs is 1. The molecule has 1 aliphatic rings. The number of hydrogen-bond acceptors (Lipinski definition) is 1. The van der Waals surface area contributed by atoms with Crippen LogP contribution in [0.2, 0.25) is 0 Å². The fourth-order valence-corrected chi connectivity index (χ4v) is 2.50. The van der Waals surface area contributed by atoms with Crippen molar-refractivity contribution in [1.82, 2.24) is 0 Å². The summed E-state index contributed by atoms with van der Waals surface area (Å²) in [7, 11) is 0. The van der Waals surface area contributed by atoms with E-state index in [1.54, 1.807) is 5.56 Å². The minimum atomic E-state index is 0.264. The third-order valence-electron chi connectivity index (χ3n) is 3.74. The average molecular weight is 217 g/mol. The Kier molecular flexibility index (Phi) is 3.07. The predicted molar refractivity (Wildman–Crippen MR) is 69.7 cm³/mol. The Morgan fingerprint density at radius 1 is 1.25 bits per heavy atom. The number of aryl methyl sites for hydroxylation is 1. The molecule has 1 aromatic carbocycles. The van der Waals surface area contributed by atoms with Crippen molar-refractivity contribution in [3.8, 4) is 0 Å². The molecular weight excluding hydrogens is 194 g/mol. The third kappa shape index (κ3) is 2.30. The molecule has 0 radical (unpaired) electrons. The van der Waals surface area contributed by atoms with Gasteiger partial charge in [-0.25, -0.2) is 0 Å². The largest absolute Gasteiger partial charge is 0.330 e. The van der Waals surface area contributed by atoms with Crippen molar-refractivity contribution in [2.24, 2.45) is 11.7 Å². The van der Waals surface area contributed by atoms with Crippen molar-refractivity contribution in [1.29, 1.82) is 0 Å². The van der Waals surface area contributed by atoms with Gasteiger partial charge in [-0.2, -0.15) is 0 Å². The molecule has 1 aliphatic carbocycles. The van der Waals surface area contributed by atoms with Crippen molar-refractivity contribution < 1.29 is 0 Å². The highest BCUT2D eigenvalue weighted by Gasteiger charge is 2.20. The zero-order chi connectivity index (χ0) is 11.8. The Labute approximate surface area is 99.0 Å². The van der Waals surface area contributed by atoms with E-state index in [9.17, 15) is 0 Å². The summed E-state index contributed by atoms with van der Waals surface area (Å²) >= 11 is 0. The number of benzene rings is 1. The smallest absolute Gasteiger partial charge is 0.00456 e. The van der Waals surface area contributed by atoms with Crippen LogP contribution in [0.3, 0.4) is 0 Å². The molecule has 16 heavy (non-hydrogen) atoms. The van der Waals surface area contributed by atoms with Gasteiger partial charge in [0.1, 0.15) is 0 Å². The standard InChI is InChI=1S/C15H23N/c1-15(2,3)14-7-6-12-8-11(10-16)4-5-13(12)9-14/h6-7,9,11H,4-5,8,10,16H2,1-3H3. The van der Waals surface area contributed by atoms with Crippen LogP contribution < -0.4 is 5.73 Å². The first-order chi connectivity index (χ1) is 7.50. The SMILES string of the molecule is CC(C)(C)c1ccc2c(c1)CCC(CN)C2. The fraction of sp³-hybridized carbons (Fsp3) is 0.600. The van der Waals surface area contributed by atoms with E-state index in [-0.39, 0.29) is 5.41 Å². The normalized spacial score (nSPS) is 20.6. The van der Waals surface area contributed by atoms with E-state index in [0.29, 0.717) is 5.92 Å². The predicted octanol–water partition coefficient (Wildman–Crippen LogP) is 3.05. The Morgan fingerprint density at radius 3 is 2.62 bits per heavy atom. The van der Waals surface area contributed by atoms with Gasteiger partial charge in [0, 0.05) is 0 Å². The van der Waals surface area contributed by atoms with Gasteiger partial charge in [-0.05, 0) is 53.8 Å². The monoisotopic (exact) mass is 217 g/mol. The topological polar surface area (TPSA) is 26.0 Å². The van der Waals surface area contributed by atoms with E-state index in [1.165, 1.54) is 30.4 Å². The molecule has 1 nitrogen and oxygen atoms in total. The lowest BCUT2D eigenvalue weighted by Crippen LogP contribution is -2.23. The fourth-order valence-electron chi connectivity index (χ4n) is 2.50. The van der Waals surface area contributed by atoms with Gasteiger partial charge in [-0.3, -0.25) is 0 Å². The second kappa shape index (κ2) is 4.21. The summed E-state index contributed by atoms with van der Waals surface area (Å²) in [5, 5.41) is 0. The van der Waals surface area contributed by atoms with E-state index >= 15 is 0 Å². The summed E-state index contributed by atoms with van der Waals surface area (Å²) in [5.74, 6) is 0.702. The van der Waals surface area contributed by atoms with Crippen LogP contribution in [-0.4, -0.2) is 6.54 Å². The molecule has 0 bridgehead atoms. The maximum absolute atomic E-state index is 5.76. The number of hydrogen-bond donors (Lipinski definition) is 1. The summed E-state index contributed by atoms with van der Waals surface area (Å²) in [6.07, 6.45) is 3.65.